The van der Waals surface area contributed by atoms with Crippen molar-refractivity contribution < 1.29 is 5.48 Å². The van der Waals surface area contributed by atoms with Gasteiger partial charge in [0.15, 0.2) is 0 Å². The van der Waals surface area contributed by atoms with Crippen LogP contribution in [0.25, 0.3) is 86.9 Å². The molecule has 0 saturated carbocycles. The van der Waals surface area contributed by atoms with E-state index in [9.17, 15) is 2.74 Å². The van der Waals surface area contributed by atoms with Crippen LogP contribution in [0, 0.1) is 0 Å². The third kappa shape index (κ3) is 3.14. The maximum Gasteiger partial charge on any atom is 0.0629 e. The van der Waals surface area contributed by atoms with Crippen LogP contribution in [0.15, 0.2) is 145 Å². The zero-order chi connectivity index (χ0) is 29.7. The van der Waals surface area contributed by atoms with Crippen LogP contribution in [0.4, 0.5) is 0 Å². The first kappa shape index (κ1) is 18.2. The van der Waals surface area contributed by atoms with Crippen LogP contribution in [-0.4, -0.2) is 0 Å². The number of hydrogen-bond acceptors (Lipinski definition) is 0. The van der Waals surface area contributed by atoms with Crippen LogP contribution < -0.4 is 0 Å². The molecule has 0 fully saturated rings. The number of fused-ring (bicyclic) bond motifs is 4. The molecule has 0 N–H and O–H groups in total. The highest BCUT2D eigenvalue weighted by Gasteiger charge is 2.13. The third-order valence-corrected chi connectivity index (χ3v) is 8.39. The lowest BCUT2D eigenvalue weighted by Gasteiger charge is -2.15. The van der Waals surface area contributed by atoms with Gasteiger partial charge in [0.25, 0.3) is 0 Å². The van der Waals surface area contributed by atoms with Gasteiger partial charge in [0.2, 0.25) is 0 Å². The average molecular weight is 509 g/mol. The van der Waals surface area contributed by atoms with Gasteiger partial charge in [-0.3, -0.25) is 0 Å². The van der Waals surface area contributed by atoms with E-state index in [0.29, 0.717) is 16.7 Å². The fourth-order valence-electron chi connectivity index (χ4n) is 6.47. The molecule has 0 amide bonds. The van der Waals surface area contributed by atoms with Crippen molar-refractivity contribution in [2.75, 3.05) is 0 Å². The van der Waals surface area contributed by atoms with Crippen LogP contribution in [0.1, 0.15) is 5.48 Å². The standard InChI is InChI=1S/C40H24/c1-2-6-30-23-38-33(21-29(30)5-1)18-17-32-22-31(19-20-35(32)38)25-11-13-26(14-12-25)37-24-34-9-3-7-27-15-16-28-8-4-10-36(37)40(28)39(27)34/h1-24H/i11D,12D,13D,14D. The largest absolute Gasteiger partial charge is 0.0629 e. The second kappa shape index (κ2) is 8.15. The monoisotopic (exact) mass is 508 g/mol. The van der Waals surface area contributed by atoms with E-state index >= 15 is 0 Å². The van der Waals surface area contributed by atoms with Crippen molar-refractivity contribution in [3.05, 3.63) is 145 Å². The Morgan fingerprint density at radius 3 is 1.77 bits per heavy atom. The predicted octanol–water partition coefficient (Wildman–Crippen LogP) is 11.4. The van der Waals surface area contributed by atoms with Crippen LogP contribution >= 0.6 is 0 Å². The van der Waals surface area contributed by atoms with Gasteiger partial charge in [-0.2, -0.15) is 0 Å². The van der Waals surface area contributed by atoms with E-state index in [1.54, 1.807) is 0 Å². The molecule has 0 unspecified atom stereocenters. The molecule has 0 bridgehead atoms. The predicted molar refractivity (Wildman–Crippen MR) is 174 cm³/mol. The van der Waals surface area contributed by atoms with Crippen molar-refractivity contribution >= 4 is 64.6 Å². The SMILES string of the molecule is [2H]c1c([2H])c(-c2cc3cccc4ccc5cccc2c5c43)c([2H])c([2H])c1-c1ccc2c(ccc3cc4ccccc4cc32)c1. The van der Waals surface area contributed by atoms with Gasteiger partial charge >= 0.3 is 0 Å². The summed E-state index contributed by atoms with van der Waals surface area (Å²) >= 11 is 0. The Morgan fingerprint density at radius 1 is 0.325 bits per heavy atom. The van der Waals surface area contributed by atoms with Gasteiger partial charge in [0, 0.05) is 0 Å². The van der Waals surface area contributed by atoms with Crippen molar-refractivity contribution in [2.24, 2.45) is 0 Å². The van der Waals surface area contributed by atoms with Gasteiger partial charge in [-0.25, -0.2) is 0 Å². The summed E-state index contributed by atoms with van der Waals surface area (Å²) in [5.74, 6) is 0. The highest BCUT2D eigenvalue weighted by Crippen LogP contribution is 2.41. The molecule has 0 saturated heterocycles. The van der Waals surface area contributed by atoms with Crippen LogP contribution in [-0.2, 0) is 0 Å². The minimum atomic E-state index is -0.0303. The molecule has 0 aliphatic carbocycles. The summed E-state index contributed by atoms with van der Waals surface area (Å²) in [5, 5.41) is 13.2. The summed E-state index contributed by atoms with van der Waals surface area (Å²) in [6, 6.07) is 41.4. The Kier molecular flexibility index (Phi) is 3.70. The van der Waals surface area contributed by atoms with Crippen molar-refractivity contribution in [1.29, 1.82) is 0 Å². The van der Waals surface area contributed by atoms with Crippen molar-refractivity contribution in [2.45, 2.75) is 0 Å². The minimum absolute atomic E-state index is 0.0270. The molecule has 0 aliphatic rings. The minimum Gasteiger partial charge on any atom is -0.0616 e. The fraction of sp³-hybridized carbons (Fsp3) is 0. The molecule has 40 heavy (non-hydrogen) atoms. The molecular weight excluding hydrogens is 480 g/mol. The van der Waals surface area contributed by atoms with Gasteiger partial charge in [-0.15, -0.1) is 0 Å². The zero-order valence-corrected chi connectivity index (χ0v) is 21.5. The number of benzene rings is 9. The lowest BCUT2D eigenvalue weighted by Crippen LogP contribution is -1.88. The summed E-state index contributed by atoms with van der Waals surface area (Å²) in [6.07, 6.45) is 0. The van der Waals surface area contributed by atoms with Crippen LogP contribution in [0.5, 0.6) is 0 Å². The summed E-state index contributed by atoms with van der Waals surface area (Å²) in [7, 11) is 0. The van der Waals surface area contributed by atoms with Crippen LogP contribution in [0.3, 0.4) is 0 Å². The Bertz CT molecular complexity index is 2620. The summed E-state index contributed by atoms with van der Waals surface area (Å²) in [6.45, 7) is 0. The number of rotatable bonds is 2. The Balaban J connectivity index is 1.27. The molecule has 0 aromatic heterocycles. The van der Waals surface area contributed by atoms with Gasteiger partial charge in [0.05, 0.1) is 5.48 Å². The Labute approximate surface area is 237 Å². The van der Waals surface area contributed by atoms with Gasteiger partial charge < -0.3 is 0 Å². The van der Waals surface area contributed by atoms with E-state index in [-0.39, 0.29) is 24.2 Å². The van der Waals surface area contributed by atoms with Crippen LogP contribution in [0.2, 0.25) is 0 Å². The first-order chi connectivity index (χ1) is 21.5. The van der Waals surface area contributed by atoms with Crippen molar-refractivity contribution in [1.82, 2.24) is 0 Å². The topological polar surface area (TPSA) is 0 Å². The van der Waals surface area contributed by atoms with E-state index in [1.807, 2.05) is 48.5 Å². The Hall–Kier alpha value is -5.20. The van der Waals surface area contributed by atoms with Crippen molar-refractivity contribution in [3.63, 3.8) is 0 Å². The molecule has 0 spiro atoms. The quantitative estimate of drug-likeness (QED) is 0.161. The summed E-state index contributed by atoms with van der Waals surface area (Å²) in [5.41, 5.74) is 2.06. The van der Waals surface area contributed by atoms with E-state index < -0.39 is 0 Å². The smallest absolute Gasteiger partial charge is 0.0616 e. The lowest BCUT2D eigenvalue weighted by molar-refractivity contribution is 1.63. The maximum atomic E-state index is 9.20. The molecule has 184 valence electrons. The highest BCUT2D eigenvalue weighted by atomic mass is 14.2. The molecule has 9 rings (SSSR count). The lowest BCUT2D eigenvalue weighted by atomic mass is 9.88. The molecule has 0 heteroatoms. The van der Waals surface area contributed by atoms with E-state index in [2.05, 4.69) is 72.8 Å². The molecule has 0 atom stereocenters. The van der Waals surface area contributed by atoms with E-state index in [4.69, 9.17) is 2.74 Å². The molecule has 0 nitrogen and oxygen atoms in total. The van der Waals surface area contributed by atoms with E-state index in [1.165, 1.54) is 10.8 Å². The second-order valence-electron chi connectivity index (χ2n) is 10.6. The average Bonchev–Trinajstić information content (AvgIpc) is 3.05. The summed E-state index contributed by atoms with van der Waals surface area (Å²) < 4.78 is 36.7. The van der Waals surface area contributed by atoms with Gasteiger partial charge in [-0.1, -0.05) is 121 Å². The highest BCUT2D eigenvalue weighted by molar-refractivity contribution is 6.26. The van der Waals surface area contributed by atoms with E-state index in [0.717, 1.165) is 59.4 Å². The number of hydrogen-bond donors (Lipinski definition) is 0. The first-order valence-electron chi connectivity index (χ1n) is 15.6. The van der Waals surface area contributed by atoms with Crippen molar-refractivity contribution in [3.8, 4) is 22.3 Å². The third-order valence-electron chi connectivity index (χ3n) is 8.39. The fourth-order valence-corrected chi connectivity index (χ4v) is 6.47. The second-order valence-corrected chi connectivity index (χ2v) is 10.6. The molecule has 0 radical (unpaired) electrons. The van der Waals surface area contributed by atoms with Gasteiger partial charge in [0.1, 0.15) is 0 Å². The Morgan fingerprint density at radius 2 is 0.950 bits per heavy atom. The molecular formula is C40H24. The maximum absolute atomic E-state index is 9.20. The first-order valence-corrected chi connectivity index (χ1v) is 13.6. The van der Waals surface area contributed by atoms with Gasteiger partial charge in [-0.05, 0) is 111 Å². The normalized spacial score (nSPS) is 13.4. The summed E-state index contributed by atoms with van der Waals surface area (Å²) in [4.78, 5) is 0. The zero-order valence-electron chi connectivity index (χ0n) is 25.5. The molecule has 9 aromatic rings. The molecule has 9 aromatic carbocycles. The molecule has 0 aliphatic heterocycles. The molecule has 0 heterocycles.